The zero-order valence-corrected chi connectivity index (χ0v) is 34.9. The third-order valence-electron chi connectivity index (χ3n) is 9.77. The number of piperazine rings is 1. The van der Waals surface area contributed by atoms with E-state index in [9.17, 15) is 23.3 Å². The van der Waals surface area contributed by atoms with E-state index in [0.29, 0.717) is 12.4 Å². The molecular weight excluding hydrogens is 773 g/mol. The van der Waals surface area contributed by atoms with E-state index < -0.39 is 32.1 Å². The number of hydrogen-bond donors (Lipinski definition) is 2. The third-order valence-corrected chi connectivity index (χ3v) is 12.6. The first-order chi connectivity index (χ1) is 27.8. The Morgan fingerprint density at radius 3 is 2.22 bits per heavy atom. The predicted octanol–water partition coefficient (Wildman–Crippen LogP) is 7.63. The van der Waals surface area contributed by atoms with Crippen molar-refractivity contribution in [2.75, 3.05) is 69.4 Å². The molecule has 0 unspecified atom stereocenters. The van der Waals surface area contributed by atoms with Crippen molar-refractivity contribution in [1.82, 2.24) is 14.5 Å². The fourth-order valence-corrected chi connectivity index (χ4v) is 8.54. The summed E-state index contributed by atoms with van der Waals surface area (Å²) in [6, 6.07) is 36.9. The van der Waals surface area contributed by atoms with E-state index in [0.717, 1.165) is 67.2 Å². The molecule has 0 atom stereocenters. The summed E-state index contributed by atoms with van der Waals surface area (Å²) < 4.78 is 34.5. The topological polar surface area (TPSA) is 137 Å². The van der Waals surface area contributed by atoms with Gasteiger partial charge in [-0.25, -0.2) is 13.1 Å². The zero-order valence-electron chi connectivity index (χ0n) is 33.3. The van der Waals surface area contributed by atoms with Crippen molar-refractivity contribution < 1.29 is 22.9 Å². The van der Waals surface area contributed by atoms with Crippen LogP contribution >= 0.6 is 11.8 Å². The van der Waals surface area contributed by atoms with Crippen molar-refractivity contribution in [3.05, 3.63) is 143 Å². The van der Waals surface area contributed by atoms with Gasteiger partial charge in [0.25, 0.3) is 21.6 Å². The van der Waals surface area contributed by atoms with Crippen molar-refractivity contribution in [1.29, 1.82) is 0 Å². The summed E-state index contributed by atoms with van der Waals surface area (Å²) in [5.74, 6) is 0.625. The molecule has 58 heavy (non-hydrogen) atoms. The van der Waals surface area contributed by atoms with Gasteiger partial charge in [-0.2, -0.15) is 0 Å². The standard InChI is InChI=1S/C44H50N6O6S2/c1-44(2,32-57-38-11-6-5-7-12-38)45-41-23-22-39(30-42(41)50(52)53)58(54,55)46-43(51)34-14-18-36(19-15-34)49-26-24-48(25-27-49)31-35-10-8-9-13-40(35)33-16-20-37(21-17-33)56-29-28-47(3)4/h5-23,30,45H,24-29,31-32H2,1-4H3,(H,46,51). The highest BCUT2D eigenvalue weighted by atomic mass is 32.2. The number of carbonyl (C=O) groups is 1. The van der Waals surface area contributed by atoms with Crippen LogP contribution in [0.15, 0.2) is 131 Å². The molecule has 2 N–H and O–H groups in total. The average Bonchev–Trinajstić information content (AvgIpc) is 3.21. The molecule has 0 spiro atoms. The molecule has 0 aromatic heterocycles. The van der Waals surface area contributed by atoms with Crippen LogP contribution in [0.3, 0.4) is 0 Å². The highest BCUT2D eigenvalue weighted by Crippen LogP contribution is 2.33. The minimum absolute atomic E-state index is 0.154. The minimum Gasteiger partial charge on any atom is -0.492 e. The zero-order chi connectivity index (χ0) is 41.3. The van der Waals surface area contributed by atoms with E-state index in [1.165, 1.54) is 23.3 Å². The van der Waals surface area contributed by atoms with Crippen LogP contribution in [0.4, 0.5) is 17.1 Å². The van der Waals surface area contributed by atoms with Gasteiger partial charge in [-0.1, -0.05) is 54.6 Å². The Morgan fingerprint density at radius 1 is 0.879 bits per heavy atom. The highest BCUT2D eigenvalue weighted by Gasteiger charge is 2.27. The van der Waals surface area contributed by atoms with Crippen LogP contribution in [0.5, 0.6) is 5.75 Å². The number of benzene rings is 5. The van der Waals surface area contributed by atoms with Crippen LogP contribution in [0.2, 0.25) is 0 Å². The first-order valence-corrected chi connectivity index (χ1v) is 21.6. The molecule has 5 aromatic carbocycles. The molecule has 1 heterocycles. The molecule has 1 fully saturated rings. The van der Waals surface area contributed by atoms with E-state index >= 15 is 0 Å². The summed E-state index contributed by atoms with van der Waals surface area (Å²) in [6.07, 6.45) is 0. The van der Waals surface area contributed by atoms with Crippen LogP contribution in [0.1, 0.15) is 29.8 Å². The summed E-state index contributed by atoms with van der Waals surface area (Å²) >= 11 is 1.60. The molecule has 0 aliphatic carbocycles. The minimum atomic E-state index is -4.42. The SMILES string of the molecule is CN(C)CCOc1ccc(-c2ccccc2CN2CCN(c3ccc(C(=O)NS(=O)(=O)c4ccc(NC(C)(C)CSc5ccccc5)c([N+](=O)[O-])c4)cc3)CC2)cc1. The van der Waals surface area contributed by atoms with E-state index in [1.54, 1.807) is 23.9 Å². The second kappa shape index (κ2) is 18.9. The number of carbonyl (C=O) groups excluding carboxylic acids is 1. The van der Waals surface area contributed by atoms with Crippen LogP contribution < -0.4 is 19.7 Å². The van der Waals surface area contributed by atoms with E-state index in [2.05, 4.69) is 61.1 Å². The first kappa shape index (κ1) is 42.2. The van der Waals surface area contributed by atoms with Gasteiger partial charge in [0.05, 0.1) is 9.82 Å². The van der Waals surface area contributed by atoms with Crippen LogP contribution in [0.25, 0.3) is 11.1 Å². The molecule has 0 radical (unpaired) electrons. The number of nitrogens with zero attached hydrogens (tertiary/aromatic N) is 4. The number of rotatable bonds is 17. The van der Waals surface area contributed by atoms with Gasteiger partial charge in [-0.05, 0) is 105 Å². The van der Waals surface area contributed by atoms with Crippen molar-refractivity contribution in [3.63, 3.8) is 0 Å². The summed E-state index contributed by atoms with van der Waals surface area (Å²) in [5.41, 5.74) is 3.88. The number of nitro groups is 1. The smallest absolute Gasteiger partial charge is 0.293 e. The molecule has 0 bridgehead atoms. The number of thioether (sulfide) groups is 1. The lowest BCUT2D eigenvalue weighted by atomic mass is 9.99. The van der Waals surface area contributed by atoms with E-state index in [1.807, 2.05) is 82.5 Å². The van der Waals surface area contributed by atoms with Crippen LogP contribution in [0, 0.1) is 10.1 Å². The Kier molecular flexibility index (Phi) is 13.7. The fraction of sp³-hybridized carbons (Fsp3) is 0.295. The largest absolute Gasteiger partial charge is 0.492 e. The van der Waals surface area contributed by atoms with Crippen LogP contribution in [-0.4, -0.2) is 93.8 Å². The average molecular weight is 823 g/mol. The molecule has 1 saturated heterocycles. The number of nitro benzene ring substituents is 1. The number of ether oxygens (including phenoxy) is 1. The van der Waals surface area contributed by atoms with Gasteiger partial charge in [0, 0.05) is 72.8 Å². The number of amides is 1. The second-order valence-corrected chi connectivity index (χ2v) is 17.9. The van der Waals surface area contributed by atoms with Crippen molar-refractivity contribution >= 4 is 44.8 Å². The summed E-state index contributed by atoms with van der Waals surface area (Å²) in [7, 11) is -0.370. The van der Waals surface area contributed by atoms with Gasteiger partial charge in [0.15, 0.2) is 0 Å². The maximum Gasteiger partial charge on any atom is 0.293 e. The number of hydrogen-bond acceptors (Lipinski definition) is 11. The second-order valence-electron chi connectivity index (χ2n) is 15.1. The van der Waals surface area contributed by atoms with Gasteiger partial charge in [0.2, 0.25) is 0 Å². The molecule has 304 valence electrons. The summed E-state index contributed by atoms with van der Waals surface area (Å²) in [5, 5.41) is 15.2. The summed E-state index contributed by atoms with van der Waals surface area (Å²) in [4.78, 5) is 32.0. The molecule has 0 saturated carbocycles. The molecule has 5 aromatic rings. The molecule has 1 aliphatic heterocycles. The number of likely N-dealkylation sites (N-methyl/N-ethyl adjacent to an activating group) is 1. The van der Waals surface area contributed by atoms with Crippen molar-refractivity contribution in [2.24, 2.45) is 0 Å². The van der Waals surface area contributed by atoms with E-state index in [4.69, 9.17) is 4.74 Å². The lowest BCUT2D eigenvalue weighted by Crippen LogP contribution is -2.46. The molecule has 1 amide bonds. The molecular formula is C44H50N6O6S2. The number of anilines is 2. The van der Waals surface area contributed by atoms with Gasteiger partial charge >= 0.3 is 0 Å². The Balaban J connectivity index is 1.02. The molecule has 6 rings (SSSR count). The third kappa shape index (κ3) is 11.4. The number of sulfonamides is 1. The van der Waals surface area contributed by atoms with Gasteiger partial charge in [-0.15, -0.1) is 11.8 Å². The Bertz CT molecular complexity index is 2280. The highest BCUT2D eigenvalue weighted by molar-refractivity contribution is 7.99. The lowest BCUT2D eigenvalue weighted by Gasteiger charge is -2.36. The predicted molar refractivity (Wildman–Crippen MR) is 232 cm³/mol. The monoisotopic (exact) mass is 822 g/mol. The molecule has 1 aliphatic rings. The maximum atomic E-state index is 13.3. The van der Waals surface area contributed by atoms with Gasteiger partial charge < -0.3 is 19.9 Å². The van der Waals surface area contributed by atoms with Crippen molar-refractivity contribution in [3.8, 4) is 16.9 Å². The Hall–Kier alpha value is -5.41. The maximum absolute atomic E-state index is 13.3. The Morgan fingerprint density at radius 2 is 1.55 bits per heavy atom. The Labute approximate surface area is 345 Å². The van der Waals surface area contributed by atoms with Crippen molar-refractivity contribution in [2.45, 2.75) is 35.7 Å². The quantitative estimate of drug-likeness (QED) is 0.0545. The van der Waals surface area contributed by atoms with Crippen LogP contribution in [-0.2, 0) is 16.6 Å². The molecule has 12 nitrogen and oxygen atoms in total. The lowest BCUT2D eigenvalue weighted by molar-refractivity contribution is -0.384. The molecule has 14 heteroatoms. The summed E-state index contributed by atoms with van der Waals surface area (Å²) in [6.45, 7) is 9.39. The fourth-order valence-electron chi connectivity index (χ4n) is 6.60. The number of nitrogens with one attached hydrogen (secondary N) is 2. The van der Waals surface area contributed by atoms with Gasteiger partial charge in [0.1, 0.15) is 18.0 Å². The van der Waals surface area contributed by atoms with E-state index in [-0.39, 0.29) is 16.1 Å². The first-order valence-electron chi connectivity index (χ1n) is 19.1. The van der Waals surface area contributed by atoms with Gasteiger partial charge in [-0.3, -0.25) is 19.8 Å². The normalized spacial score (nSPS) is 13.6.